The fourth-order valence-electron chi connectivity index (χ4n) is 2.81. The summed E-state index contributed by atoms with van der Waals surface area (Å²) in [5.41, 5.74) is 5.14. The van der Waals surface area contributed by atoms with Crippen LogP contribution in [0.25, 0.3) is 10.8 Å². The Morgan fingerprint density at radius 3 is 2.37 bits per heavy atom. The predicted octanol–water partition coefficient (Wildman–Crippen LogP) is 2.02. The molecule has 0 bridgehead atoms. The summed E-state index contributed by atoms with van der Waals surface area (Å²) < 4.78 is 28.6. The number of aryl methyl sites for hydroxylation is 1. The molecule has 3 rings (SSSR count). The van der Waals surface area contributed by atoms with Crippen molar-refractivity contribution in [1.29, 1.82) is 0 Å². The highest BCUT2D eigenvalue weighted by molar-refractivity contribution is 7.89. The molecule has 0 aliphatic rings. The lowest BCUT2D eigenvalue weighted by Gasteiger charge is -2.16. The summed E-state index contributed by atoms with van der Waals surface area (Å²) in [6, 6.07) is 17.1. The Balaban J connectivity index is 1.63. The number of primary sulfonamides is 1. The van der Waals surface area contributed by atoms with Gasteiger partial charge in [0.2, 0.25) is 10.0 Å². The number of sulfonamides is 1. The lowest BCUT2D eigenvalue weighted by Crippen LogP contribution is -2.47. The molecule has 0 saturated carbocycles. The Morgan fingerprint density at radius 2 is 1.67 bits per heavy atom. The molecular weight excluding hydrogens is 406 g/mol. The molecule has 0 aliphatic carbocycles. The molecule has 0 spiro atoms. The van der Waals surface area contributed by atoms with Crippen LogP contribution in [-0.2, 0) is 14.8 Å². The number of nitrogens with two attached hydrogens (primary N) is 1. The first kappa shape index (κ1) is 21.3. The van der Waals surface area contributed by atoms with E-state index in [1.807, 2.05) is 36.4 Å². The number of ether oxygens (including phenoxy) is 1. The highest BCUT2D eigenvalue weighted by atomic mass is 32.2. The van der Waals surface area contributed by atoms with Crippen LogP contribution < -0.4 is 20.7 Å². The molecule has 30 heavy (non-hydrogen) atoms. The van der Waals surface area contributed by atoms with E-state index in [-0.39, 0.29) is 10.5 Å². The van der Waals surface area contributed by atoms with Gasteiger partial charge in [0.25, 0.3) is 11.8 Å². The Bertz CT molecular complexity index is 1220. The van der Waals surface area contributed by atoms with E-state index in [9.17, 15) is 18.0 Å². The van der Waals surface area contributed by atoms with Gasteiger partial charge in [-0.15, -0.1) is 0 Å². The molecule has 0 aliphatic heterocycles. The van der Waals surface area contributed by atoms with Crippen molar-refractivity contribution >= 4 is 32.6 Å². The SMILES string of the molecule is Cc1ccc(S(N)(=O)=O)cc1C(=O)NNC(=O)C(C)Oc1ccc2ccccc2c1. The van der Waals surface area contributed by atoms with Crippen LogP contribution in [0.5, 0.6) is 5.75 Å². The van der Waals surface area contributed by atoms with E-state index in [0.29, 0.717) is 11.3 Å². The molecule has 0 aromatic heterocycles. The Kier molecular flexibility index (Phi) is 6.04. The lowest BCUT2D eigenvalue weighted by molar-refractivity contribution is -0.128. The minimum Gasteiger partial charge on any atom is -0.481 e. The summed E-state index contributed by atoms with van der Waals surface area (Å²) in [5, 5.41) is 7.12. The number of benzene rings is 3. The van der Waals surface area contributed by atoms with Crippen LogP contribution in [0.3, 0.4) is 0 Å². The van der Waals surface area contributed by atoms with E-state index in [2.05, 4.69) is 10.9 Å². The maximum atomic E-state index is 12.4. The van der Waals surface area contributed by atoms with Crippen molar-refractivity contribution < 1.29 is 22.7 Å². The number of carbonyl (C=O) groups is 2. The summed E-state index contributed by atoms with van der Waals surface area (Å²) in [5.74, 6) is -0.736. The van der Waals surface area contributed by atoms with E-state index in [0.717, 1.165) is 16.8 Å². The molecule has 3 aromatic rings. The maximum absolute atomic E-state index is 12.4. The first-order chi connectivity index (χ1) is 14.1. The fourth-order valence-corrected chi connectivity index (χ4v) is 3.35. The van der Waals surface area contributed by atoms with E-state index < -0.39 is 27.9 Å². The molecule has 0 fully saturated rings. The van der Waals surface area contributed by atoms with Gasteiger partial charge in [0.1, 0.15) is 5.75 Å². The number of hydrogen-bond acceptors (Lipinski definition) is 5. The third-order valence-corrected chi connectivity index (χ3v) is 5.40. The smallest absolute Gasteiger partial charge is 0.279 e. The topological polar surface area (TPSA) is 128 Å². The normalized spacial score (nSPS) is 12.2. The van der Waals surface area contributed by atoms with Gasteiger partial charge >= 0.3 is 0 Å². The highest BCUT2D eigenvalue weighted by Gasteiger charge is 2.18. The standard InChI is InChI=1S/C21H21N3O5S/c1-13-7-10-18(30(22,27)28)12-19(13)21(26)24-23-20(25)14(2)29-17-9-8-15-5-3-4-6-16(15)11-17/h3-12,14H,1-2H3,(H,23,25)(H,24,26)(H2,22,27,28). The van der Waals surface area contributed by atoms with Crippen LogP contribution in [0.2, 0.25) is 0 Å². The van der Waals surface area contributed by atoms with Crippen molar-refractivity contribution in [2.45, 2.75) is 24.8 Å². The molecule has 1 atom stereocenters. The quantitative estimate of drug-likeness (QED) is 0.537. The molecule has 1 unspecified atom stereocenters. The van der Waals surface area contributed by atoms with Gasteiger partial charge in [-0.2, -0.15) is 0 Å². The number of amides is 2. The predicted molar refractivity (Wildman–Crippen MR) is 112 cm³/mol. The molecule has 156 valence electrons. The summed E-state index contributed by atoms with van der Waals surface area (Å²) in [4.78, 5) is 24.5. The average Bonchev–Trinajstić information content (AvgIpc) is 2.71. The van der Waals surface area contributed by atoms with Gasteiger partial charge in [0.15, 0.2) is 6.10 Å². The minimum absolute atomic E-state index is 0.0740. The van der Waals surface area contributed by atoms with Crippen molar-refractivity contribution in [2.75, 3.05) is 0 Å². The second kappa shape index (κ2) is 8.52. The summed E-state index contributed by atoms with van der Waals surface area (Å²) in [6.07, 6.45) is -0.886. The summed E-state index contributed by atoms with van der Waals surface area (Å²) >= 11 is 0. The van der Waals surface area contributed by atoms with Crippen LogP contribution in [0, 0.1) is 6.92 Å². The monoisotopic (exact) mass is 427 g/mol. The minimum atomic E-state index is -3.96. The summed E-state index contributed by atoms with van der Waals surface area (Å²) in [7, 11) is -3.96. The molecule has 0 heterocycles. The first-order valence-corrected chi connectivity index (χ1v) is 10.6. The number of nitrogens with one attached hydrogen (secondary N) is 2. The molecule has 4 N–H and O–H groups in total. The number of carbonyl (C=O) groups excluding carboxylic acids is 2. The third kappa shape index (κ3) is 4.94. The van der Waals surface area contributed by atoms with Gasteiger partial charge in [0, 0.05) is 5.56 Å². The molecule has 0 saturated heterocycles. The largest absolute Gasteiger partial charge is 0.481 e. The Labute approximate surface area is 174 Å². The zero-order valence-corrected chi connectivity index (χ0v) is 17.2. The van der Waals surface area contributed by atoms with Gasteiger partial charge in [-0.25, -0.2) is 13.6 Å². The second-order valence-corrected chi connectivity index (χ2v) is 8.30. The molecule has 8 nitrogen and oxygen atoms in total. The van der Waals surface area contributed by atoms with Crippen molar-refractivity contribution in [2.24, 2.45) is 5.14 Å². The van der Waals surface area contributed by atoms with E-state index in [1.54, 1.807) is 19.9 Å². The second-order valence-electron chi connectivity index (χ2n) is 6.73. The van der Waals surface area contributed by atoms with Crippen LogP contribution in [0.4, 0.5) is 0 Å². The Hall–Kier alpha value is -3.43. The van der Waals surface area contributed by atoms with E-state index >= 15 is 0 Å². The van der Waals surface area contributed by atoms with Gasteiger partial charge in [-0.1, -0.05) is 36.4 Å². The van der Waals surface area contributed by atoms with Crippen LogP contribution >= 0.6 is 0 Å². The lowest BCUT2D eigenvalue weighted by atomic mass is 10.1. The van der Waals surface area contributed by atoms with Crippen LogP contribution in [0.1, 0.15) is 22.8 Å². The van der Waals surface area contributed by atoms with Crippen molar-refractivity contribution in [3.8, 4) is 5.75 Å². The van der Waals surface area contributed by atoms with Crippen molar-refractivity contribution in [1.82, 2.24) is 10.9 Å². The third-order valence-electron chi connectivity index (χ3n) is 4.48. The van der Waals surface area contributed by atoms with Gasteiger partial charge in [-0.05, 0) is 54.4 Å². The molecular formula is C21H21N3O5S. The van der Waals surface area contributed by atoms with Gasteiger partial charge in [-0.3, -0.25) is 20.4 Å². The zero-order valence-electron chi connectivity index (χ0n) is 16.4. The summed E-state index contributed by atoms with van der Waals surface area (Å²) in [6.45, 7) is 3.18. The van der Waals surface area contributed by atoms with E-state index in [4.69, 9.17) is 9.88 Å². The zero-order chi connectivity index (χ0) is 21.9. The number of rotatable bonds is 5. The number of fused-ring (bicyclic) bond motifs is 1. The average molecular weight is 427 g/mol. The first-order valence-electron chi connectivity index (χ1n) is 9.04. The number of hydrogen-bond donors (Lipinski definition) is 3. The van der Waals surface area contributed by atoms with Crippen LogP contribution in [0.15, 0.2) is 65.6 Å². The maximum Gasteiger partial charge on any atom is 0.279 e. The van der Waals surface area contributed by atoms with Crippen molar-refractivity contribution in [3.05, 3.63) is 71.8 Å². The highest BCUT2D eigenvalue weighted by Crippen LogP contribution is 2.21. The molecule has 9 heteroatoms. The number of hydrazine groups is 1. The van der Waals surface area contributed by atoms with Crippen LogP contribution in [-0.4, -0.2) is 26.3 Å². The molecule has 2 amide bonds. The van der Waals surface area contributed by atoms with Gasteiger partial charge < -0.3 is 4.74 Å². The van der Waals surface area contributed by atoms with Crippen molar-refractivity contribution in [3.63, 3.8) is 0 Å². The van der Waals surface area contributed by atoms with Gasteiger partial charge in [0.05, 0.1) is 4.90 Å². The fraction of sp³-hybridized carbons (Fsp3) is 0.143. The molecule has 3 aromatic carbocycles. The van der Waals surface area contributed by atoms with E-state index in [1.165, 1.54) is 12.1 Å². The Morgan fingerprint density at radius 1 is 0.967 bits per heavy atom. The molecule has 0 radical (unpaired) electrons.